The molecule has 0 aliphatic carbocycles. The Kier molecular flexibility index (Phi) is 10.1. The molecule has 0 saturated heterocycles. The quantitative estimate of drug-likeness (QED) is 0.0944. The molecule has 5 heteroatoms. The molecular weight excluding hydrogens is 1080 g/mol. The largest absolute Gasteiger partial charge is 0.311 e. The Labute approximate surface area is 513 Å². The van der Waals surface area contributed by atoms with E-state index in [2.05, 4.69) is 307 Å². The highest BCUT2D eigenvalue weighted by Crippen LogP contribution is 2.54. The molecule has 0 atom stereocenters. The first-order valence-electron chi connectivity index (χ1n) is 30.8. The first-order chi connectivity index (χ1) is 44.2. The van der Waals surface area contributed by atoms with Gasteiger partial charge in [0.25, 0.3) is 6.71 Å². The van der Waals surface area contributed by atoms with E-state index in [0.29, 0.717) is 5.82 Å². The molecule has 17 aromatic carbocycles. The number of nitrogens with zero attached hydrogens (tertiary/aromatic N) is 4. The lowest BCUT2D eigenvalue weighted by Gasteiger charge is -2.45. The molecule has 0 saturated carbocycles. The highest BCUT2D eigenvalue weighted by Gasteiger charge is 2.46. The lowest BCUT2D eigenvalue weighted by Crippen LogP contribution is -2.61. The Morgan fingerprint density at radius 2 is 0.629 bits per heavy atom. The van der Waals surface area contributed by atoms with Crippen LogP contribution in [0.15, 0.2) is 297 Å². The third kappa shape index (κ3) is 6.90. The van der Waals surface area contributed by atoms with Crippen LogP contribution in [0.3, 0.4) is 0 Å². The van der Waals surface area contributed by atoms with Crippen molar-refractivity contribution in [1.82, 2.24) is 9.97 Å². The molecule has 0 radical (unpaired) electrons. The Morgan fingerprint density at radius 3 is 1.10 bits per heavy atom. The summed E-state index contributed by atoms with van der Waals surface area (Å²) in [5.74, 6) is 0.688. The van der Waals surface area contributed by atoms with E-state index in [1.807, 2.05) is 0 Å². The standard InChI is InChI=1S/C84H49BN4/c1-4-18-50(19-5-1)52-38-42-58(43-39-52)88-74-46-57(81-66-28-10-11-37-73(66)86-84(87-81)56-22-8-3-9-23-56)47-75-80(74)85(71-48-69-64-31-14-26-54-24-12-29-60(76(54)64)62-33-16-35-67(78(62)69)82(71)88)72-49-70-65-32-15-27-55-25-13-30-61(77(55)65)63-34-17-36-68(79(63)70)83(72)89(75)59-44-40-53(41-45-59)51-20-6-2-7-21-51/h1-49H. The van der Waals surface area contributed by atoms with Crippen LogP contribution in [0.2, 0.25) is 0 Å². The number of para-hydroxylation sites is 1. The van der Waals surface area contributed by atoms with E-state index < -0.39 is 0 Å². The number of hydrogen-bond acceptors (Lipinski definition) is 4. The van der Waals surface area contributed by atoms with E-state index in [1.54, 1.807) is 0 Å². The molecule has 0 bridgehead atoms. The van der Waals surface area contributed by atoms with Crippen LogP contribution in [0, 0.1) is 0 Å². The predicted molar refractivity (Wildman–Crippen MR) is 378 cm³/mol. The van der Waals surface area contributed by atoms with Crippen LogP contribution in [-0.4, -0.2) is 16.7 Å². The van der Waals surface area contributed by atoms with Gasteiger partial charge in [-0.25, -0.2) is 9.97 Å². The molecule has 20 rings (SSSR count). The highest BCUT2D eigenvalue weighted by molar-refractivity contribution is 7.01. The normalized spacial score (nSPS) is 12.9. The van der Waals surface area contributed by atoms with Crippen molar-refractivity contribution in [2.24, 2.45) is 0 Å². The van der Waals surface area contributed by atoms with Crippen LogP contribution < -0.4 is 26.2 Å². The molecule has 2 aliphatic rings. The topological polar surface area (TPSA) is 32.3 Å². The van der Waals surface area contributed by atoms with Gasteiger partial charge in [0.2, 0.25) is 0 Å². The smallest absolute Gasteiger partial charge is 0.252 e. The van der Waals surface area contributed by atoms with Crippen molar-refractivity contribution in [2.75, 3.05) is 9.80 Å². The van der Waals surface area contributed by atoms with Crippen LogP contribution in [0.5, 0.6) is 0 Å². The van der Waals surface area contributed by atoms with Gasteiger partial charge in [-0.1, -0.05) is 255 Å². The Morgan fingerprint density at radius 1 is 0.258 bits per heavy atom. The number of fused-ring (bicyclic) bond motifs is 11. The van der Waals surface area contributed by atoms with Gasteiger partial charge in [-0.3, -0.25) is 0 Å². The number of anilines is 6. The predicted octanol–water partition coefficient (Wildman–Crippen LogP) is 20.5. The summed E-state index contributed by atoms with van der Waals surface area (Å²) in [6, 6.07) is 111. The lowest BCUT2D eigenvalue weighted by molar-refractivity contribution is 1.22. The zero-order chi connectivity index (χ0) is 58.0. The minimum absolute atomic E-state index is 0.234. The van der Waals surface area contributed by atoms with Gasteiger partial charge in [0.05, 0.1) is 11.2 Å². The van der Waals surface area contributed by atoms with Crippen LogP contribution >= 0.6 is 0 Å². The van der Waals surface area contributed by atoms with Crippen molar-refractivity contribution in [3.05, 3.63) is 297 Å². The van der Waals surface area contributed by atoms with E-state index >= 15 is 0 Å². The van der Waals surface area contributed by atoms with Crippen LogP contribution in [-0.2, 0) is 0 Å². The van der Waals surface area contributed by atoms with Crippen molar-refractivity contribution < 1.29 is 0 Å². The Balaban J connectivity index is 0.986. The van der Waals surface area contributed by atoms with E-state index in [0.717, 1.165) is 50.5 Å². The number of hydrogen-bond donors (Lipinski definition) is 0. The fourth-order valence-electron chi connectivity index (χ4n) is 15.9. The third-order valence-corrected chi connectivity index (χ3v) is 19.6. The Hall–Kier alpha value is -11.7. The Bertz CT molecular complexity index is 5650. The molecule has 408 valence electrons. The van der Waals surface area contributed by atoms with Gasteiger partial charge in [-0.2, -0.15) is 0 Å². The van der Waals surface area contributed by atoms with E-state index in [9.17, 15) is 0 Å². The average Bonchev–Trinajstić information content (AvgIpc) is 0.694. The summed E-state index contributed by atoms with van der Waals surface area (Å²) >= 11 is 0. The molecule has 0 N–H and O–H groups in total. The van der Waals surface area contributed by atoms with Gasteiger partial charge in [0.15, 0.2) is 5.82 Å². The minimum atomic E-state index is -0.234. The fraction of sp³-hybridized carbons (Fsp3) is 0. The van der Waals surface area contributed by atoms with Gasteiger partial charge in [0, 0.05) is 61.4 Å². The molecule has 18 aromatic rings. The molecule has 89 heavy (non-hydrogen) atoms. The third-order valence-electron chi connectivity index (χ3n) is 19.6. The molecule has 0 spiro atoms. The monoisotopic (exact) mass is 1120 g/mol. The maximum atomic E-state index is 5.69. The van der Waals surface area contributed by atoms with E-state index in [-0.39, 0.29) is 6.71 Å². The summed E-state index contributed by atoms with van der Waals surface area (Å²) in [5.41, 5.74) is 19.0. The average molecular weight is 1130 g/mol. The maximum absolute atomic E-state index is 5.69. The molecule has 1 aromatic heterocycles. The molecular formula is C84H49BN4. The molecule has 2 aliphatic heterocycles. The summed E-state index contributed by atoms with van der Waals surface area (Å²) in [5, 5.41) is 21.2. The van der Waals surface area contributed by atoms with Crippen molar-refractivity contribution in [3.8, 4) is 44.9 Å². The summed E-state index contributed by atoms with van der Waals surface area (Å²) in [4.78, 5) is 16.2. The highest BCUT2D eigenvalue weighted by atomic mass is 15.2. The van der Waals surface area contributed by atoms with Crippen molar-refractivity contribution in [3.63, 3.8) is 0 Å². The summed E-state index contributed by atoms with van der Waals surface area (Å²) < 4.78 is 0. The second-order valence-electron chi connectivity index (χ2n) is 24.2. The molecule has 0 unspecified atom stereocenters. The van der Waals surface area contributed by atoms with Gasteiger partial charge < -0.3 is 9.80 Å². The summed E-state index contributed by atoms with van der Waals surface area (Å²) in [6.07, 6.45) is 0. The first-order valence-corrected chi connectivity index (χ1v) is 30.8. The second kappa shape index (κ2) is 18.4. The summed E-state index contributed by atoms with van der Waals surface area (Å²) in [7, 11) is 0. The number of benzene rings is 17. The first kappa shape index (κ1) is 48.6. The van der Waals surface area contributed by atoms with Crippen LogP contribution in [0.4, 0.5) is 34.1 Å². The minimum Gasteiger partial charge on any atom is -0.311 e. The van der Waals surface area contributed by atoms with Crippen molar-refractivity contribution >= 4 is 154 Å². The lowest BCUT2D eigenvalue weighted by atomic mass is 9.33. The van der Waals surface area contributed by atoms with Gasteiger partial charge in [-0.05, 0) is 157 Å². The zero-order valence-corrected chi connectivity index (χ0v) is 48.2. The zero-order valence-electron chi connectivity index (χ0n) is 48.2. The van der Waals surface area contributed by atoms with Gasteiger partial charge >= 0.3 is 0 Å². The van der Waals surface area contributed by atoms with E-state index in [4.69, 9.17) is 9.97 Å². The molecule has 3 heterocycles. The van der Waals surface area contributed by atoms with Crippen molar-refractivity contribution in [2.45, 2.75) is 0 Å². The number of aromatic nitrogens is 2. The van der Waals surface area contributed by atoms with Gasteiger partial charge in [0.1, 0.15) is 0 Å². The molecule has 0 fully saturated rings. The van der Waals surface area contributed by atoms with Crippen molar-refractivity contribution in [1.29, 1.82) is 0 Å². The second-order valence-corrected chi connectivity index (χ2v) is 24.2. The van der Waals surface area contributed by atoms with Gasteiger partial charge in [-0.15, -0.1) is 0 Å². The van der Waals surface area contributed by atoms with Crippen LogP contribution in [0.25, 0.3) is 142 Å². The SMILES string of the molecule is c1ccc(-c2ccc(N3c4cc(-c5nc(-c6ccccc6)nc6ccccc56)cc5c4B(c4cc6c7cccc8cccc(c9cccc(c43)c96)c87)c3cc4c6cccc7cccc(c8cccc(c3N5c3ccc(-c5ccccc5)cc3)c84)c76)cc2)cc1. The van der Waals surface area contributed by atoms with E-state index in [1.165, 1.54) is 136 Å². The molecule has 4 nitrogen and oxygen atoms in total. The fourth-order valence-corrected chi connectivity index (χ4v) is 15.9. The maximum Gasteiger partial charge on any atom is 0.252 e. The molecule has 0 amide bonds. The summed E-state index contributed by atoms with van der Waals surface area (Å²) in [6.45, 7) is -0.234. The van der Waals surface area contributed by atoms with Crippen LogP contribution in [0.1, 0.15) is 0 Å². The number of rotatable bonds is 6.